The fraction of sp³-hybridized carbons (Fsp3) is 0.412. The molecule has 2 heterocycles. The van der Waals surface area contributed by atoms with Gasteiger partial charge in [0.25, 0.3) is 5.91 Å². The number of benzene rings is 1. The maximum absolute atomic E-state index is 13.5. The van der Waals surface area contributed by atoms with Crippen LogP contribution in [0, 0.1) is 12.7 Å². The van der Waals surface area contributed by atoms with Crippen LogP contribution in [0.15, 0.2) is 23.6 Å². The third-order valence-corrected chi connectivity index (χ3v) is 4.85. The highest BCUT2D eigenvalue weighted by atomic mass is 32.1. The van der Waals surface area contributed by atoms with Crippen LogP contribution in [-0.2, 0) is 6.54 Å². The normalized spacial score (nSPS) is 15.6. The Bertz CT molecular complexity index is 695. The van der Waals surface area contributed by atoms with Gasteiger partial charge in [0, 0.05) is 17.5 Å². The second kappa shape index (κ2) is 7.19. The van der Waals surface area contributed by atoms with Crippen LogP contribution >= 0.6 is 11.3 Å². The maximum Gasteiger partial charge on any atom is 0.257 e. The van der Waals surface area contributed by atoms with E-state index in [0.717, 1.165) is 25.3 Å². The predicted molar refractivity (Wildman–Crippen MR) is 90.3 cm³/mol. The molecule has 0 unspecified atom stereocenters. The first-order chi connectivity index (χ1) is 11.1. The van der Waals surface area contributed by atoms with Gasteiger partial charge in [0.1, 0.15) is 5.82 Å². The number of halogens is 1. The van der Waals surface area contributed by atoms with E-state index in [1.165, 1.54) is 36.7 Å². The average molecular weight is 333 g/mol. The van der Waals surface area contributed by atoms with Crippen molar-refractivity contribution in [1.82, 2.24) is 9.88 Å². The van der Waals surface area contributed by atoms with E-state index in [4.69, 9.17) is 0 Å². The third-order valence-electron chi connectivity index (χ3n) is 4.04. The Morgan fingerprint density at radius 1 is 1.35 bits per heavy atom. The van der Waals surface area contributed by atoms with Crippen molar-refractivity contribution < 1.29 is 9.18 Å². The number of aryl methyl sites for hydroxylation is 1. The zero-order chi connectivity index (χ0) is 16.2. The molecule has 1 N–H and O–H groups in total. The number of likely N-dealkylation sites (tertiary alicyclic amines) is 1. The smallest absolute Gasteiger partial charge is 0.257 e. The van der Waals surface area contributed by atoms with E-state index in [2.05, 4.69) is 15.2 Å². The van der Waals surface area contributed by atoms with Crippen LogP contribution in [0.1, 0.15) is 40.9 Å². The van der Waals surface area contributed by atoms with Gasteiger partial charge in [0.15, 0.2) is 5.13 Å². The van der Waals surface area contributed by atoms with Gasteiger partial charge in [0.05, 0.1) is 5.69 Å². The molecule has 1 aliphatic rings. The molecule has 1 aliphatic heterocycles. The number of hydrogen-bond acceptors (Lipinski definition) is 4. The first-order valence-electron chi connectivity index (χ1n) is 7.86. The molecule has 1 aromatic heterocycles. The summed E-state index contributed by atoms with van der Waals surface area (Å²) in [4.78, 5) is 19.0. The molecule has 0 aliphatic carbocycles. The second-order valence-corrected chi connectivity index (χ2v) is 6.76. The monoisotopic (exact) mass is 333 g/mol. The van der Waals surface area contributed by atoms with E-state index in [-0.39, 0.29) is 11.7 Å². The van der Waals surface area contributed by atoms with Crippen molar-refractivity contribution in [3.8, 4) is 0 Å². The largest absolute Gasteiger partial charge is 0.298 e. The Morgan fingerprint density at radius 3 is 2.87 bits per heavy atom. The molecule has 6 heteroatoms. The van der Waals surface area contributed by atoms with Gasteiger partial charge in [-0.15, -0.1) is 11.3 Å². The predicted octanol–water partition coefficient (Wildman–Crippen LogP) is 3.83. The highest BCUT2D eigenvalue weighted by Crippen LogP contribution is 2.20. The minimum absolute atomic E-state index is 0.306. The molecule has 0 bridgehead atoms. The molecule has 0 saturated carbocycles. The molecule has 4 nitrogen and oxygen atoms in total. The number of anilines is 1. The summed E-state index contributed by atoms with van der Waals surface area (Å²) in [5, 5.41) is 5.28. The lowest BCUT2D eigenvalue weighted by molar-refractivity contribution is 0.102. The van der Waals surface area contributed by atoms with Gasteiger partial charge in [-0.25, -0.2) is 9.37 Å². The van der Waals surface area contributed by atoms with Crippen LogP contribution in [0.4, 0.5) is 9.52 Å². The van der Waals surface area contributed by atoms with Crippen molar-refractivity contribution in [3.63, 3.8) is 0 Å². The van der Waals surface area contributed by atoms with E-state index in [1.807, 2.05) is 5.38 Å². The molecular weight excluding hydrogens is 313 g/mol. The van der Waals surface area contributed by atoms with Gasteiger partial charge < -0.3 is 0 Å². The molecule has 23 heavy (non-hydrogen) atoms. The highest BCUT2D eigenvalue weighted by Gasteiger charge is 2.14. The topological polar surface area (TPSA) is 45.2 Å². The van der Waals surface area contributed by atoms with Crippen molar-refractivity contribution in [2.24, 2.45) is 0 Å². The summed E-state index contributed by atoms with van der Waals surface area (Å²) in [6.07, 6.45) is 3.79. The Labute approximate surface area is 139 Å². The highest BCUT2D eigenvalue weighted by molar-refractivity contribution is 7.13. The molecule has 1 fully saturated rings. The minimum Gasteiger partial charge on any atom is -0.298 e. The van der Waals surface area contributed by atoms with E-state index in [9.17, 15) is 9.18 Å². The van der Waals surface area contributed by atoms with Gasteiger partial charge in [0.2, 0.25) is 0 Å². The Balaban J connectivity index is 1.61. The number of rotatable bonds is 4. The molecule has 1 amide bonds. The fourth-order valence-electron chi connectivity index (χ4n) is 2.69. The summed E-state index contributed by atoms with van der Waals surface area (Å²) in [7, 11) is 0. The molecule has 0 radical (unpaired) electrons. The van der Waals surface area contributed by atoms with Crippen LogP contribution in [-0.4, -0.2) is 28.9 Å². The lowest BCUT2D eigenvalue weighted by Crippen LogP contribution is -2.29. The van der Waals surface area contributed by atoms with Crippen molar-refractivity contribution in [3.05, 3.63) is 46.2 Å². The SMILES string of the molecule is Cc1ccc(C(=O)Nc2nc(CN3CCCCC3)cs2)cc1F. The van der Waals surface area contributed by atoms with Gasteiger partial charge in [-0.05, 0) is 50.6 Å². The molecule has 3 rings (SSSR count). The lowest BCUT2D eigenvalue weighted by atomic mass is 10.1. The summed E-state index contributed by atoms with van der Waals surface area (Å²) < 4.78 is 13.5. The number of amides is 1. The molecular formula is C17H20FN3OS. The van der Waals surface area contributed by atoms with Crippen molar-refractivity contribution >= 4 is 22.4 Å². The van der Waals surface area contributed by atoms with Crippen LogP contribution in [0.3, 0.4) is 0 Å². The van der Waals surface area contributed by atoms with Crippen LogP contribution in [0.5, 0.6) is 0 Å². The number of aromatic nitrogens is 1. The number of carbonyl (C=O) groups excluding carboxylic acids is 1. The average Bonchev–Trinajstić information content (AvgIpc) is 2.98. The van der Waals surface area contributed by atoms with E-state index in [0.29, 0.717) is 16.3 Å². The van der Waals surface area contributed by atoms with Crippen LogP contribution in [0.25, 0.3) is 0 Å². The van der Waals surface area contributed by atoms with Crippen LogP contribution < -0.4 is 5.32 Å². The number of carbonyl (C=O) groups is 1. The van der Waals surface area contributed by atoms with Gasteiger partial charge in [-0.1, -0.05) is 12.5 Å². The van der Waals surface area contributed by atoms with E-state index in [1.54, 1.807) is 19.1 Å². The number of piperidine rings is 1. The lowest BCUT2D eigenvalue weighted by Gasteiger charge is -2.25. The van der Waals surface area contributed by atoms with Crippen LogP contribution in [0.2, 0.25) is 0 Å². The van der Waals surface area contributed by atoms with Gasteiger partial charge in [-0.3, -0.25) is 15.0 Å². The first-order valence-corrected chi connectivity index (χ1v) is 8.74. The van der Waals surface area contributed by atoms with Crippen molar-refractivity contribution in [2.45, 2.75) is 32.7 Å². The van der Waals surface area contributed by atoms with Gasteiger partial charge >= 0.3 is 0 Å². The van der Waals surface area contributed by atoms with Crippen molar-refractivity contribution in [1.29, 1.82) is 0 Å². The number of hydrogen-bond donors (Lipinski definition) is 1. The Morgan fingerprint density at radius 2 is 2.13 bits per heavy atom. The van der Waals surface area contributed by atoms with E-state index < -0.39 is 0 Å². The summed E-state index contributed by atoms with van der Waals surface area (Å²) in [6.45, 7) is 4.72. The standard InChI is InChI=1S/C17H20FN3OS/c1-12-5-6-13(9-15(12)18)16(22)20-17-19-14(11-23-17)10-21-7-3-2-4-8-21/h5-6,9,11H,2-4,7-8,10H2,1H3,(H,19,20,22). The Hall–Kier alpha value is -1.79. The summed E-state index contributed by atoms with van der Waals surface area (Å²) >= 11 is 1.40. The zero-order valence-corrected chi connectivity index (χ0v) is 14.0. The maximum atomic E-state index is 13.5. The fourth-order valence-corrected chi connectivity index (χ4v) is 3.38. The molecule has 1 aromatic carbocycles. The third kappa shape index (κ3) is 4.14. The molecule has 122 valence electrons. The summed E-state index contributed by atoms with van der Waals surface area (Å²) in [5.41, 5.74) is 1.81. The number of thiazole rings is 1. The summed E-state index contributed by atoms with van der Waals surface area (Å²) in [5.74, 6) is -0.703. The zero-order valence-electron chi connectivity index (χ0n) is 13.1. The molecule has 2 aromatic rings. The van der Waals surface area contributed by atoms with E-state index >= 15 is 0 Å². The molecule has 1 saturated heterocycles. The first kappa shape index (κ1) is 16.1. The molecule has 0 spiro atoms. The van der Waals surface area contributed by atoms with Gasteiger partial charge in [-0.2, -0.15) is 0 Å². The number of nitrogens with zero attached hydrogens (tertiary/aromatic N) is 2. The Kier molecular flexibility index (Phi) is 5.03. The molecule has 0 atom stereocenters. The minimum atomic E-state index is -0.373. The second-order valence-electron chi connectivity index (χ2n) is 5.90. The summed E-state index contributed by atoms with van der Waals surface area (Å²) in [6, 6.07) is 4.48. The number of nitrogens with one attached hydrogen (secondary N) is 1. The quantitative estimate of drug-likeness (QED) is 0.925. The van der Waals surface area contributed by atoms with Crippen molar-refractivity contribution in [2.75, 3.05) is 18.4 Å².